The van der Waals surface area contributed by atoms with Crippen LogP contribution in [0.3, 0.4) is 0 Å². The van der Waals surface area contributed by atoms with Crippen molar-refractivity contribution in [3.8, 4) is 0 Å². The van der Waals surface area contributed by atoms with Gasteiger partial charge in [-0.25, -0.2) is 0 Å². The summed E-state index contributed by atoms with van der Waals surface area (Å²) in [6.45, 7) is 0.0438. The topological polar surface area (TPSA) is 89.3 Å². The first-order valence-electron chi connectivity index (χ1n) is 3.94. The van der Waals surface area contributed by atoms with Crippen LogP contribution >= 0.6 is 0 Å². The van der Waals surface area contributed by atoms with E-state index in [1.54, 1.807) is 18.2 Å². The van der Waals surface area contributed by atoms with E-state index < -0.39 is 5.91 Å². The average Bonchev–Trinajstić information content (AvgIpc) is 2.08. The van der Waals surface area contributed by atoms with Gasteiger partial charge in [-0.1, -0.05) is 6.07 Å². The molecule has 0 bridgehead atoms. The molecule has 1 amide bonds. The van der Waals surface area contributed by atoms with Crippen molar-refractivity contribution in [2.75, 3.05) is 12.3 Å². The highest BCUT2D eigenvalue weighted by molar-refractivity contribution is 5.98. The van der Waals surface area contributed by atoms with Crippen LogP contribution in [0.1, 0.15) is 15.9 Å². The van der Waals surface area contributed by atoms with E-state index in [9.17, 15) is 4.79 Å². The minimum absolute atomic E-state index is 0.0438. The number of carbonyl (C=O) groups excluding carboxylic acids is 1. The molecular weight excluding hydrogens is 168 g/mol. The zero-order chi connectivity index (χ0) is 9.84. The molecule has 0 aliphatic rings. The van der Waals surface area contributed by atoms with Gasteiger partial charge in [0.2, 0.25) is 0 Å². The lowest BCUT2D eigenvalue weighted by atomic mass is 10.1. The fourth-order valence-electron chi connectivity index (χ4n) is 1.10. The van der Waals surface area contributed by atoms with Gasteiger partial charge in [0.15, 0.2) is 0 Å². The maximum atomic E-state index is 10.9. The number of primary amides is 1. The van der Waals surface area contributed by atoms with E-state index >= 15 is 0 Å². The molecule has 0 aromatic heterocycles. The molecule has 0 fully saturated rings. The highest BCUT2D eigenvalue weighted by atomic mass is 16.2. The highest BCUT2D eigenvalue weighted by Crippen LogP contribution is 2.13. The summed E-state index contributed by atoms with van der Waals surface area (Å²) in [4.78, 5) is 10.9. The third kappa shape index (κ3) is 2.19. The van der Waals surface area contributed by atoms with Crippen molar-refractivity contribution in [1.82, 2.24) is 0 Å². The molecule has 13 heavy (non-hydrogen) atoms. The number of hydrogen-bond donors (Lipinski definition) is 3. The monoisotopic (exact) mass is 180 g/mol. The standard InChI is InChI=1S/C9H12N2O2/c10-8-2-1-6(3-4-12)5-7(8)9(11)13/h1-2,5,12H,3-4,10H2,(H2,11,13). The number of amides is 1. The quantitative estimate of drug-likeness (QED) is 0.567. The van der Waals surface area contributed by atoms with E-state index in [-0.39, 0.29) is 6.61 Å². The normalized spacial score (nSPS) is 9.92. The lowest BCUT2D eigenvalue weighted by Crippen LogP contribution is -2.14. The first kappa shape index (κ1) is 9.54. The molecule has 1 rings (SSSR count). The molecule has 5 N–H and O–H groups in total. The largest absolute Gasteiger partial charge is 0.398 e. The van der Waals surface area contributed by atoms with Crippen LogP contribution in [0.25, 0.3) is 0 Å². The SMILES string of the molecule is NC(=O)c1cc(CCO)ccc1N. The Labute approximate surface area is 76.2 Å². The first-order chi connectivity index (χ1) is 6.15. The van der Waals surface area contributed by atoms with Crippen LogP contribution in [0.4, 0.5) is 5.69 Å². The van der Waals surface area contributed by atoms with Crippen LogP contribution < -0.4 is 11.5 Å². The van der Waals surface area contributed by atoms with Crippen molar-refractivity contribution in [1.29, 1.82) is 0 Å². The van der Waals surface area contributed by atoms with Gasteiger partial charge in [0.25, 0.3) is 5.91 Å². The zero-order valence-corrected chi connectivity index (χ0v) is 7.16. The van der Waals surface area contributed by atoms with Crippen molar-refractivity contribution >= 4 is 11.6 Å². The van der Waals surface area contributed by atoms with Crippen molar-refractivity contribution in [3.63, 3.8) is 0 Å². The van der Waals surface area contributed by atoms with Crippen LogP contribution in [0.5, 0.6) is 0 Å². The van der Waals surface area contributed by atoms with Gasteiger partial charge < -0.3 is 16.6 Å². The molecule has 4 heteroatoms. The number of anilines is 1. The number of hydrogen-bond acceptors (Lipinski definition) is 3. The summed E-state index contributed by atoms with van der Waals surface area (Å²) in [5.41, 5.74) is 12.2. The summed E-state index contributed by atoms with van der Waals surface area (Å²) in [5.74, 6) is -0.544. The fraction of sp³-hybridized carbons (Fsp3) is 0.222. The fourth-order valence-corrected chi connectivity index (χ4v) is 1.10. The maximum Gasteiger partial charge on any atom is 0.250 e. The number of rotatable bonds is 3. The van der Waals surface area contributed by atoms with Gasteiger partial charge in [0, 0.05) is 12.3 Å². The Morgan fingerprint density at radius 3 is 2.69 bits per heavy atom. The van der Waals surface area contributed by atoms with Crippen LogP contribution in [0, 0.1) is 0 Å². The van der Waals surface area contributed by atoms with Crippen LogP contribution in [-0.4, -0.2) is 17.6 Å². The molecule has 1 aromatic carbocycles. The van der Waals surface area contributed by atoms with Gasteiger partial charge >= 0.3 is 0 Å². The second-order valence-electron chi connectivity index (χ2n) is 2.76. The summed E-state index contributed by atoms with van der Waals surface area (Å²) >= 11 is 0. The van der Waals surface area contributed by atoms with Crippen molar-refractivity contribution in [2.24, 2.45) is 5.73 Å². The van der Waals surface area contributed by atoms with Gasteiger partial charge in [0.1, 0.15) is 0 Å². The molecule has 4 nitrogen and oxygen atoms in total. The third-order valence-corrected chi connectivity index (χ3v) is 1.78. The molecule has 0 saturated carbocycles. The number of nitrogens with two attached hydrogens (primary N) is 2. The number of aliphatic hydroxyl groups is 1. The molecule has 0 aliphatic heterocycles. The van der Waals surface area contributed by atoms with E-state index in [0.29, 0.717) is 17.7 Å². The minimum atomic E-state index is -0.544. The molecule has 0 unspecified atom stereocenters. The Kier molecular flexibility index (Phi) is 2.87. The molecule has 0 aliphatic carbocycles. The van der Waals surface area contributed by atoms with Crippen LogP contribution in [-0.2, 0) is 6.42 Å². The Morgan fingerprint density at radius 2 is 2.15 bits per heavy atom. The van der Waals surface area contributed by atoms with Gasteiger partial charge in [-0.05, 0) is 24.1 Å². The predicted molar refractivity (Wildman–Crippen MR) is 50.2 cm³/mol. The van der Waals surface area contributed by atoms with Gasteiger partial charge in [-0.3, -0.25) is 4.79 Å². The lowest BCUT2D eigenvalue weighted by Gasteiger charge is -2.04. The van der Waals surface area contributed by atoms with E-state index in [1.165, 1.54) is 0 Å². The molecule has 0 atom stereocenters. The summed E-state index contributed by atoms with van der Waals surface area (Å²) < 4.78 is 0. The van der Waals surface area contributed by atoms with E-state index in [0.717, 1.165) is 5.56 Å². The van der Waals surface area contributed by atoms with Crippen LogP contribution in [0.15, 0.2) is 18.2 Å². The first-order valence-corrected chi connectivity index (χ1v) is 3.94. The number of aliphatic hydroxyl groups excluding tert-OH is 1. The molecule has 70 valence electrons. The van der Waals surface area contributed by atoms with E-state index in [2.05, 4.69) is 0 Å². The molecule has 0 radical (unpaired) electrons. The predicted octanol–water partition coefficient (Wildman–Crippen LogP) is -0.0975. The lowest BCUT2D eigenvalue weighted by molar-refractivity contribution is 0.100. The molecular formula is C9H12N2O2. The highest BCUT2D eigenvalue weighted by Gasteiger charge is 2.05. The Balaban J connectivity index is 3.04. The number of carbonyl (C=O) groups is 1. The Bertz CT molecular complexity index is 323. The van der Waals surface area contributed by atoms with E-state index in [4.69, 9.17) is 16.6 Å². The second-order valence-corrected chi connectivity index (χ2v) is 2.76. The molecule has 1 aromatic rings. The Morgan fingerprint density at radius 1 is 1.46 bits per heavy atom. The van der Waals surface area contributed by atoms with Crippen LogP contribution in [0.2, 0.25) is 0 Å². The average molecular weight is 180 g/mol. The minimum Gasteiger partial charge on any atom is -0.398 e. The molecule has 0 saturated heterocycles. The number of nitrogen functional groups attached to an aromatic ring is 1. The van der Waals surface area contributed by atoms with Gasteiger partial charge in [-0.2, -0.15) is 0 Å². The summed E-state index contributed by atoms with van der Waals surface area (Å²) in [7, 11) is 0. The smallest absolute Gasteiger partial charge is 0.250 e. The molecule has 0 heterocycles. The third-order valence-electron chi connectivity index (χ3n) is 1.78. The van der Waals surface area contributed by atoms with E-state index in [1.807, 2.05) is 0 Å². The second kappa shape index (κ2) is 3.91. The van der Waals surface area contributed by atoms with Crippen molar-refractivity contribution < 1.29 is 9.90 Å². The summed E-state index contributed by atoms with van der Waals surface area (Å²) in [6.07, 6.45) is 0.501. The zero-order valence-electron chi connectivity index (χ0n) is 7.16. The van der Waals surface area contributed by atoms with Gasteiger partial charge in [0.05, 0.1) is 5.56 Å². The van der Waals surface area contributed by atoms with Crippen molar-refractivity contribution in [3.05, 3.63) is 29.3 Å². The van der Waals surface area contributed by atoms with Gasteiger partial charge in [-0.15, -0.1) is 0 Å². The Hall–Kier alpha value is -1.55. The number of benzene rings is 1. The summed E-state index contributed by atoms with van der Waals surface area (Å²) in [5, 5.41) is 8.67. The molecule has 0 spiro atoms. The summed E-state index contributed by atoms with van der Waals surface area (Å²) in [6, 6.07) is 4.98. The van der Waals surface area contributed by atoms with Crippen molar-refractivity contribution in [2.45, 2.75) is 6.42 Å². The maximum absolute atomic E-state index is 10.9.